The van der Waals surface area contributed by atoms with Crippen LogP contribution < -0.4 is 4.72 Å². The molecule has 3 aromatic heterocycles. The second kappa shape index (κ2) is 7.84. The highest BCUT2D eigenvalue weighted by Crippen LogP contribution is 2.29. The summed E-state index contributed by atoms with van der Waals surface area (Å²) in [7, 11) is -3.74. The van der Waals surface area contributed by atoms with Crippen LogP contribution in [0.2, 0.25) is 0 Å². The van der Waals surface area contributed by atoms with Crippen molar-refractivity contribution in [3.05, 3.63) is 72.6 Å². The van der Waals surface area contributed by atoms with E-state index in [1.165, 1.54) is 0 Å². The molecule has 4 rings (SSSR count). The summed E-state index contributed by atoms with van der Waals surface area (Å²) in [5, 5.41) is 10.8. The third kappa shape index (κ3) is 3.85. The molecule has 6 nitrogen and oxygen atoms in total. The normalized spacial score (nSPS) is 13.0. The summed E-state index contributed by atoms with van der Waals surface area (Å²) < 4.78 is 28.4. The molecule has 0 bridgehead atoms. The zero-order valence-electron chi connectivity index (χ0n) is 14.9. The fourth-order valence-electron chi connectivity index (χ4n) is 3.10. The van der Waals surface area contributed by atoms with Crippen LogP contribution in [0.1, 0.15) is 5.56 Å². The number of nitrogens with one attached hydrogen (secondary N) is 2. The number of benzene rings is 1. The average Bonchev–Trinajstić information content (AvgIpc) is 3.36. The summed E-state index contributed by atoms with van der Waals surface area (Å²) in [6.07, 6.45) is 3.91. The highest BCUT2D eigenvalue weighted by Gasteiger charge is 2.23. The van der Waals surface area contributed by atoms with E-state index >= 15 is 0 Å². The first kappa shape index (κ1) is 18.8. The first-order valence-corrected chi connectivity index (χ1v) is 11.1. The van der Waals surface area contributed by atoms with Gasteiger partial charge in [-0.3, -0.25) is 4.98 Å². The Labute approximate surface area is 166 Å². The SMILES string of the molecule is O=S(=O)(NC(CO)Cc1c[nH]c2ccccc12)c1ccc(-c2ccccn2)s1. The Bertz CT molecular complexity index is 1180. The first-order chi connectivity index (χ1) is 13.6. The lowest BCUT2D eigenvalue weighted by Gasteiger charge is -2.15. The van der Waals surface area contributed by atoms with Crippen LogP contribution in [0.15, 0.2) is 71.2 Å². The van der Waals surface area contributed by atoms with Gasteiger partial charge in [0.15, 0.2) is 0 Å². The minimum atomic E-state index is -3.74. The van der Waals surface area contributed by atoms with E-state index < -0.39 is 16.1 Å². The molecule has 4 aromatic rings. The minimum absolute atomic E-state index is 0.200. The number of rotatable bonds is 7. The van der Waals surface area contributed by atoms with Crippen LogP contribution in [-0.2, 0) is 16.4 Å². The number of H-pyrrole nitrogens is 1. The number of pyridine rings is 1. The molecule has 1 aromatic carbocycles. The van der Waals surface area contributed by atoms with Crippen molar-refractivity contribution in [2.24, 2.45) is 0 Å². The third-order valence-electron chi connectivity index (χ3n) is 4.45. The van der Waals surface area contributed by atoms with E-state index in [-0.39, 0.29) is 10.8 Å². The van der Waals surface area contributed by atoms with Gasteiger partial charge in [0.2, 0.25) is 10.0 Å². The number of aliphatic hydroxyl groups is 1. The van der Waals surface area contributed by atoms with Crippen molar-refractivity contribution in [3.63, 3.8) is 0 Å². The molecule has 0 amide bonds. The summed E-state index contributed by atoms with van der Waals surface area (Å²) in [6.45, 7) is -0.294. The molecule has 3 heterocycles. The van der Waals surface area contributed by atoms with Gasteiger partial charge in [-0.05, 0) is 42.3 Å². The fourth-order valence-corrected chi connectivity index (χ4v) is 5.62. The number of sulfonamides is 1. The van der Waals surface area contributed by atoms with Crippen molar-refractivity contribution in [2.45, 2.75) is 16.7 Å². The van der Waals surface area contributed by atoms with Crippen molar-refractivity contribution < 1.29 is 13.5 Å². The van der Waals surface area contributed by atoms with E-state index in [9.17, 15) is 13.5 Å². The zero-order valence-corrected chi connectivity index (χ0v) is 16.5. The number of nitrogens with zero attached hydrogens (tertiary/aromatic N) is 1. The van der Waals surface area contributed by atoms with E-state index in [2.05, 4.69) is 14.7 Å². The van der Waals surface area contributed by atoms with Crippen LogP contribution in [0.25, 0.3) is 21.5 Å². The largest absolute Gasteiger partial charge is 0.395 e. The van der Waals surface area contributed by atoms with Gasteiger partial charge < -0.3 is 10.1 Å². The molecule has 0 spiro atoms. The number of aliphatic hydroxyl groups excluding tert-OH is 1. The maximum Gasteiger partial charge on any atom is 0.250 e. The highest BCUT2D eigenvalue weighted by molar-refractivity contribution is 7.91. The number of fused-ring (bicyclic) bond motifs is 1. The van der Waals surface area contributed by atoms with Crippen LogP contribution >= 0.6 is 11.3 Å². The number of para-hydroxylation sites is 1. The van der Waals surface area contributed by atoms with Gasteiger partial charge in [0.25, 0.3) is 0 Å². The summed E-state index contributed by atoms with van der Waals surface area (Å²) in [5.74, 6) is 0. The lowest BCUT2D eigenvalue weighted by molar-refractivity contribution is 0.256. The zero-order chi connectivity index (χ0) is 19.6. The Kier molecular flexibility index (Phi) is 5.27. The molecule has 8 heteroatoms. The maximum absolute atomic E-state index is 12.8. The second-order valence-electron chi connectivity index (χ2n) is 6.40. The number of hydrogen-bond donors (Lipinski definition) is 3. The predicted molar refractivity (Wildman–Crippen MR) is 111 cm³/mol. The molecule has 0 aliphatic heterocycles. The fraction of sp³-hybridized carbons (Fsp3) is 0.150. The van der Waals surface area contributed by atoms with Gasteiger partial charge in [-0.15, -0.1) is 11.3 Å². The van der Waals surface area contributed by atoms with Gasteiger partial charge in [0.05, 0.1) is 17.2 Å². The molecule has 0 radical (unpaired) electrons. The van der Waals surface area contributed by atoms with Gasteiger partial charge in [-0.1, -0.05) is 24.3 Å². The average molecular weight is 414 g/mol. The molecule has 0 aliphatic carbocycles. The van der Waals surface area contributed by atoms with Crippen molar-refractivity contribution in [1.82, 2.24) is 14.7 Å². The molecule has 0 aliphatic rings. The molecular weight excluding hydrogens is 394 g/mol. The van der Waals surface area contributed by atoms with Gasteiger partial charge in [-0.2, -0.15) is 0 Å². The summed E-state index contributed by atoms with van der Waals surface area (Å²) in [4.78, 5) is 8.20. The van der Waals surface area contributed by atoms with Crippen molar-refractivity contribution in [3.8, 4) is 10.6 Å². The Morgan fingerprint density at radius 2 is 1.93 bits per heavy atom. The number of hydrogen-bond acceptors (Lipinski definition) is 5. The molecule has 0 saturated carbocycles. The Morgan fingerprint density at radius 3 is 2.71 bits per heavy atom. The Morgan fingerprint density at radius 1 is 1.11 bits per heavy atom. The lowest BCUT2D eigenvalue weighted by atomic mass is 10.1. The van der Waals surface area contributed by atoms with Crippen LogP contribution in [-0.4, -0.2) is 36.1 Å². The number of thiophene rings is 1. The van der Waals surface area contributed by atoms with Gasteiger partial charge in [-0.25, -0.2) is 13.1 Å². The standard InChI is InChI=1S/C20H19N3O3S2/c24-13-15(11-14-12-22-17-6-2-1-5-16(14)17)23-28(25,26)20-9-8-19(27-20)18-7-3-4-10-21-18/h1-10,12,15,22-24H,11,13H2. The van der Waals surface area contributed by atoms with E-state index in [0.29, 0.717) is 6.42 Å². The lowest BCUT2D eigenvalue weighted by Crippen LogP contribution is -2.38. The minimum Gasteiger partial charge on any atom is -0.395 e. The topological polar surface area (TPSA) is 95.1 Å². The van der Waals surface area contributed by atoms with Crippen molar-refractivity contribution >= 4 is 32.3 Å². The Balaban J connectivity index is 1.53. The highest BCUT2D eigenvalue weighted by atomic mass is 32.2. The summed E-state index contributed by atoms with van der Waals surface area (Å²) in [6, 6.07) is 16.0. The van der Waals surface area contributed by atoms with E-state index in [1.807, 2.05) is 48.7 Å². The summed E-state index contributed by atoms with van der Waals surface area (Å²) >= 11 is 1.16. The van der Waals surface area contributed by atoms with Crippen LogP contribution in [0, 0.1) is 0 Å². The quantitative estimate of drug-likeness (QED) is 0.434. The molecule has 3 N–H and O–H groups in total. The third-order valence-corrected chi connectivity index (χ3v) is 7.57. The number of aromatic nitrogens is 2. The number of aromatic amines is 1. The van der Waals surface area contributed by atoms with Gasteiger partial charge in [0.1, 0.15) is 4.21 Å². The molecule has 0 saturated heterocycles. The second-order valence-corrected chi connectivity index (χ2v) is 9.42. The van der Waals surface area contributed by atoms with E-state index in [4.69, 9.17) is 0 Å². The predicted octanol–water partition coefficient (Wildman–Crippen LogP) is 3.17. The van der Waals surface area contributed by atoms with Gasteiger partial charge >= 0.3 is 0 Å². The molecular formula is C20H19N3O3S2. The van der Waals surface area contributed by atoms with Crippen LogP contribution in [0.4, 0.5) is 0 Å². The summed E-state index contributed by atoms with van der Waals surface area (Å²) in [5.41, 5.74) is 2.67. The molecule has 1 unspecified atom stereocenters. The maximum atomic E-state index is 12.8. The van der Waals surface area contributed by atoms with Crippen molar-refractivity contribution in [2.75, 3.05) is 6.61 Å². The molecule has 1 atom stereocenters. The van der Waals surface area contributed by atoms with Crippen molar-refractivity contribution in [1.29, 1.82) is 0 Å². The van der Waals surface area contributed by atoms with E-state index in [0.717, 1.165) is 38.4 Å². The smallest absolute Gasteiger partial charge is 0.250 e. The van der Waals surface area contributed by atoms with E-state index in [1.54, 1.807) is 18.3 Å². The van der Waals surface area contributed by atoms with Gasteiger partial charge in [0, 0.05) is 29.3 Å². The Hall–Kier alpha value is -2.52. The van der Waals surface area contributed by atoms with Crippen LogP contribution in [0.3, 0.4) is 0 Å². The molecule has 28 heavy (non-hydrogen) atoms. The first-order valence-electron chi connectivity index (χ1n) is 8.76. The monoisotopic (exact) mass is 413 g/mol. The molecule has 0 fully saturated rings. The van der Waals surface area contributed by atoms with Crippen LogP contribution in [0.5, 0.6) is 0 Å². The molecule has 144 valence electrons.